The summed E-state index contributed by atoms with van der Waals surface area (Å²) in [6.45, 7) is 0. The molecule has 1 heterocycles. The lowest BCUT2D eigenvalue weighted by molar-refractivity contribution is -0.137. The molecule has 0 fully saturated rings. The van der Waals surface area contributed by atoms with E-state index in [9.17, 15) is 18.0 Å². The van der Waals surface area contributed by atoms with Crippen LogP contribution in [0.2, 0.25) is 5.02 Å². The van der Waals surface area contributed by atoms with Crippen molar-refractivity contribution in [1.82, 2.24) is 4.98 Å². The van der Waals surface area contributed by atoms with Crippen molar-refractivity contribution in [2.24, 2.45) is 0 Å². The fourth-order valence-corrected chi connectivity index (χ4v) is 1.66. The first-order chi connectivity index (χ1) is 9.77. The van der Waals surface area contributed by atoms with Gasteiger partial charge in [0.05, 0.1) is 11.1 Å². The number of carboxylic acid groups (broad SMARTS) is 1. The van der Waals surface area contributed by atoms with Crippen LogP contribution in [0.1, 0.15) is 15.9 Å². The summed E-state index contributed by atoms with van der Waals surface area (Å²) in [5.41, 5.74) is -1.03. The molecule has 0 atom stereocenters. The molecule has 0 aliphatic rings. The fourth-order valence-electron chi connectivity index (χ4n) is 1.46. The zero-order valence-electron chi connectivity index (χ0n) is 10.2. The monoisotopic (exact) mass is 317 g/mol. The van der Waals surface area contributed by atoms with Crippen LogP contribution in [0.3, 0.4) is 0 Å². The standard InChI is InChI=1S/C13H7ClF3NO3/c14-10-5-8(13(15,16)17)6-18-11(10)21-9-3-1-2-7(4-9)12(19)20/h1-6H,(H,19,20). The van der Waals surface area contributed by atoms with Gasteiger partial charge in [-0.25, -0.2) is 9.78 Å². The maximum absolute atomic E-state index is 12.5. The molecule has 0 aliphatic carbocycles. The van der Waals surface area contributed by atoms with Gasteiger partial charge in [-0.3, -0.25) is 0 Å². The first-order valence-electron chi connectivity index (χ1n) is 5.51. The lowest BCUT2D eigenvalue weighted by Gasteiger charge is -2.10. The predicted molar refractivity (Wildman–Crippen MR) is 67.7 cm³/mol. The van der Waals surface area contributed by atoms with E-state index in [-0.39, 0.29) is 22.2 Å². The molecule has 0 saturated heterocycles. The maximum Gasteiger partial charge on any atom is 0.417 e. The Morgan fingerprint density at radius 1 is 1.29 bits per heavy atom. The number of halogens is 4. The van der Waals surface area contributed by atoms with E-state index in [1.165, 1.54) is 24.3 Å². The Labute approximate surface area is 121 Å². The Balaban J connectivity index is 2.28. The van der Waals surface area contributed by atoms with Crippen LogP contribution in [0.25, 0.3) is 0 Å². The van der Waals surface area contributed by atoms with Gasteiger partial charge in [0.1, 0.15) is 10.8 Å². The van der Waals surface area contributed by atoms with Crippen molar-refractivity contribution in [2.45, 2.75) is 6.18 Å². The predicted octanol–water partition coefficient (Wildman–Crippen LogP) is 4.24. The van der Waals surface area contributed by atoms with Crippen molar-refractivity contribution >= 4 is 17.6 Å². The average Bonchev–Trinajstić information content (AvgIpc) is 2.40. The Kier molecular flexibility index (Phi) is 4.04. The second kappa shape index (κ2) is 5.61. The van der Waals surface area contributed by atoms with Crippen LogP contribution in [-0.2, 0) is 6.18 Å². The van der Waals surface area contributed by atoms with Gasteiger partial charge in [0, 0.05) is 6.20 Å². The highest BCUT2D eigenvalue weighted by atomic mass is 35.5. The van der Waals surface area contributed by atoms with Crippen LogP contribution in [0, 0.1) is 0 Å². The summed E-state index contributed by atoms with van der Waals surface area (Å²) in [4.78, 5) is 14.3. The van der Waals surface area contributed by atoms with E-state index in [0.717, 1.165) is 0 Å². The van der Waals surface area contributed by atoms with E-state index in [0.29, 0.717) is 12.3 Å². The van der Waals surface area contributed by atoms with Crippen LogP contribution in [0.5, 0.6) is 11.6 Å². The topological polar surface area (TPSA) is 59.4 Å². The maximum atomic E-state index is 12.5. The van der Waals surface area contributed by atoms with Crippen LogP contribution in [0.4, 0.5) is 13.2 Å². The molecule has 0 spiro atoms. The molecule has 4 nitrogen and oxygen atoms in total. The minimum Gasteiger partial charge on any atom is -0.478 e. The van der Waals surface area contributed by atoms with Crippen molar-refractivity contribution in [2.75, 3.05) is 0 Å². The second-order valence-electron chi connectivity index (χ2n) is 3.94. The highest BCUT2D eigenvalue weighted by Gasteiger charge is 2.31. The molecule has 8 heteroatoms. The van der Waals surface area contributed by atoms with Crippen molar-refractivity contribution in [3.05, 3.63) is 52.7 Å². The molecule has 0 saturated carbocycles. The van der Waals surface area contributed by atoms with Crippen LogP contribution < -0.4 is 4.74 Å². The van der Waals surface area contributed by atoms with Crippen molar-refractivity contribution in [3.8, 4) is 11.6 Å². The molecule has 1 aromatic carbocycles. The van der Waals surface area contributed by atoms with Gasteiger partial charge in [-0.2, -0.15) is 13.2 Å². The molecule has 0 aliphatic heterocycles. The summed E-state index contributed by atoms with van der Waals surface area (Å²) >= 11 is 5.68. The Morgan fingerprint density at radius 2 is 2.00 bits per heavy atom. The average molecular weight is 318 g/mol. The molecule has 21 heavy (non-hydrogen) atoms. The number of nitrogens with zero attached hydrogens (tertiary/aromatic N) is 1. The number of rotatable bonds is 3. The Hall–Kier alpha value is -2.28. The quantitative estimate of drug-likeness (QED) is 0.919. The molecule has 0 radical (unpaired) electrons. The minimum atomic E-state index is -4.56. The second-order valence-corrected chi connectivity index (χ2v) is 4.35. The number of ether oxygens (including phenoxy) is 1. The fraction of sp³-hybridized carbons (Fsp3) is 0.0769. The lowest BCUT2D eigenvalue weighted by Crippen LogP contribution is -2.05. The number of aromatic carboxylic acids is 1. The van der Waals surface area contributed by atoms with Gasteiger partial charge >= 0.3 is 12.1 Å². The summed E-state index contributed by atoms with van der Waals surface area (Å²) < 4.78 is 42.6. The van der Waals surface area contributed by atoms with Gasteiger partial charge in [-0.05, 0) is 24.3 Å². The Morgan fingerprint density at radius 3 is 2.57 bits per heavy atom. The lowest BCUT2D eigenvalue weighted by atomic mass is 10.2. The highest BCUT2D eigenvalue weighted by molar-refractivity contribution is 6.31. The molecule has 2 aromatic rings. The first kappa shape index (κ1) is 15.1. The number of carbonyl (C=O) groups is 1. The summed E-state index contributed by atoms with van der Waals surface area (Å²) in [5.74, 6) is -1.30. The zero-order chi connectivity index (χ0) is 15.6. The first-order valence-corrected chi connectivity index (χ1v) is 5.89. The largest absolute Gasteiger partial charge is 0.478 e. The minimum absolute atomic E-state index is 0.0319. The van der Waals surface area contributed by atoms with E-state index in [1.807, 2.05) is 0 Å². The number of benzene rings is 1. The van der Waals surface area contributed by atoms with Crippen LogP contribution in [-0.4, -0.2) is 16.1 Å². The summed E-state index contributed by atoms with van der Waals surface area (Å²) in [6, 6.07) is 6.10. The molecule has 0 bridgehead atoms. The van der Waals surface area contributed by atoms with Gasteiger partial charge in [0.25, 0.3) is 0 Å². The van der Waals surface area contributed by atoms with E-state index in [2.05, 4.69) is 4.98 Å². The van der Waals surface area contributed by atoms with Crippen molar-refractivity contribution in [3.63, 3.8) is 0 Å². The molecule has 0 amide bonds. The van der Waals surface area contributed by atoms with Gasteiger partial charge in [-0.15, -0.1) is 0 Å². The summed E-state index contributed by atoms with van der Waals surface area (Å²) in [6.07, 6.45) is -3.97. The van der Waals surface area contributed by atoms with Gasteiger partial charge < -0.3 is 9.84 Å². The number of carboxylic acids is 1. The third-order valence-corrected chi connectivity index (χ3v) is 2.70. The van der Waals surface area contributed by atoms with E-state index < -0.39 is 17.7 Å². The molecular formula is C13H7ClF3NO3. The molecule has 0 unspecified atom stereocenters. The van der Waals surface area contributed by atoms with Gasteiger partial charge in [-0.1, -0.05) is 17.7 Å². The smallest absolute Gasteiger partial charge is 0.417 e. The molecule has 1 N–H and O–H groups in total. The van der Waals surface area contributed by atoms with Crippen molar-refractivity contribution < 1.29 is 27.8 Å². The Bertz CT molecular complexity index is 689. The van der Waals surface area contributed by atoms with E-state index >= 15 is 0 Å². The SMILES string of the molecule is O=C(O)c1cccc(Oc2ncc(C(F)(F)F)cc2Cl)c1. The normalized spacial score (nSPS) is 11.2. The number of aromatic nitrogens is 1. The third-order valence-electron chi connectivity index (χ3n) is 2.43. The molecule has 1 aromatic heterocycles. The number of hydrogen-bond donors (Lipinski definition) is 1. The molecule has 2 rings (SSSR count). The molecular weight excluding hydrogens is 311 g/mol. The number of hydrogen-bond acceptors (Lipinski definition) is 3. The molecule has 110 valence electrons. The summed E-state index contributed by atoms with van der Waals surface area (Å²) in [5, 5.41) is 8.51. The van der Waals surface area contributed by atoms with Crippen LogP contribution in [0.15, 0.2) is 36.5 Å². The van der Waals surface area contributed by atoms with Crippen molar-refractivity contribution in [1.29, 1.82) is 0 Å². The van der Waals surface area contributed by atoms with Gasteiger partial charge in [0.2, 0.25) is 5.88 Å². The summed E-state index contributed by atoms with van der Waals surface area (Å²) in [7, 11) is 0. The highest BCUT2D eigenvalue weighted by Crippen LogP contribution is 2.34. The van der Waals surface area contributed by atoms with E-state index in [4.69, 9.17) is 21.4 Å². The van der Waals surface area contributed by atoms with E-state index in [1.54, 1.807) is 0 Å². The van der Waals surface area contributed by atoms with Crippen LogP contribution >= 0.6 is 11.6 Å². The third kappa shape index (κ3) is 3.63. The zero-order valence-corrected chi connectivity index (χ0v) is 10.9. The number of alkyl halides is 3. The van der Waals surface area contributed by atoms with Gasteiger partial charge in [0.15, 0.2) is 0 Å². The number of pyridine rings is 1.